The van der Waals surface area contributed by atoms with Crippen LogP contribution < -0.4 is 0 Å². The van der Waals surface area contributed by atoms with Crippen LogP contribution in [-0.2, 0) is 5.88 Å². The van der Waals surface area contributed by atoms with Gasteiger partial charge in [-0.25, -0.2) is 4.68 Å². The van der Waals surface area contributed by atoms with E-state index in [4.69, 9.17) is 11.6 Å². The first-order valence-corrected chi connectivity index (χ1v) is 6.01. The van der Waals surface area contributed by atoms with Gasteiger partial charge in [0, 0.05) is 0 Å². The normalized spacial score (nSPS) is 19.2. The van der Waals surface area contributed by atoms with Crippen LogP contribution in [0.15, 0.2) is 0 Å². The molecule has 0 aliphatic carbocycles. The average molecular weight is 219 g/mol. The molecule has 0 N–H and O–H groups in total. The Morgan fingerprint density at radius 1 is 1.46 bits per heavy atom. The van der Waals surface area contributed by atoms with Gasteiger partial charge in [0.1, 0.15) is 0 Å². The van der Waals surface area contributed by atoms with Crippen molar-refractivity contribution in [3.05, 3.63) is 5.82 Å². The number of alkyl halides is 1. The smallest absolute Gasteiger partial charge is 0.166 e. The highest BCUT2D eigenvalue weighted by molar-refractivity contribution is 7.99. The summed E-state index contributed by atoms with van der Waals surface area (Å²) in [5.41, 5.74) is 0. The first-order chi connectivity index (χ1) is 6.42. The van der Waals surface area contributed by atoms with Crippen molar-refractivity contribution in [1.82, 2.24) is 20.2 Å². The van der Waals surface area contributed by atoms with Crippen molar-refractivity contribution in [1.29, 1.82) is 0 Å². The van der Waals surface area contributed by atoms with E-state index in [1.54, 1.807) is 0 Å². The SMILES string of the molecule is ClCc1nnnn1C1CCSCC1. The Bertz CT molecular complexity index is 271. The van der Waals surface area contributed by atoms with Crippen LogP contribution in [0.5, 0.6) is 0 Å². The third-order valence-corrected chi connectivity index (χ3v) is 3.50. The molecule has 1 fully saturated rings. The minimum absolute atomic E-state index is 0.399. The Morgan fingerprint density at radius 2 is 2.23 bits per heavy atom. The summed E-state index contributed by atoms with van der Waals surface area (Å²) in [4.78, 5) is 0. The fourth-order valence-electron chi connectivity index (χ4n) is 1.51. The molecule has 2 heterocycles. The zero-order chi connectivity index (χ0) is 9.10. The molecule has 4 nitrogen and oxygen atoms in total. The minimum Gasteiger partial charge on any atom is -0.225 e. The Kier molecular flexibility index (Phi) is 3.05. The molecule has 2 rings (SSSR count). The maximum absolute atomic E-state index is 5.72. The molecule has 72 valence electrons. The number of thioether (sulfide) groups is 1. The molecular weight excluding hydrogens is 208 g/mol. The van der Waals surface area contributed by atoms with Gasteiger partial charge in [-0.05, 0) is 34.8 Å². The standard InChI is InChI=1S/C7H11ClN4S/c8-5-7-9-10-11-12(7)6-1-3-13-4-2-6/h6H,1-5H2. The first kappa shape index (κ1) is 9.27. The van der Waals surface area contributed by atoms with Crippen molar-refractivity contribution in [3.63, 3.8) is 0 Å². The Labute approximate surface area is 86.0 Å². The average Bonchev–Trinajstić information content (AvgIpc) is 2.67. The molecule has 6 heteroatoms. The van der Waals surface area contributed by atoms with Crippen molar-refractivity contribution in [3.8, 4) is 0 Å². The molecule has 0 aromatic carbocycles. The van der Waals surface area contributed by atoms with Crippen LogP contribution >= 0.6 is 23.4 Å². The highest BCUT2D eigenvalue weighted by atomic mass is 35.5. The Balaban J connectivity index is 2.13. The molecule has 1 aliphatic heterocycles. The van der Waals surface area contributed by atoms with Crippen molar-refractivity contribution in [2.75, 3.05) is 11.5 Å². The largest absolute Gasteiger partial charge is 0.225 e. The Morgan fingerprint density at radius 3 is 2.92 bits per heavy atom. The number of aromatic nitrogens is 4. The predicted octanol–water partition coefficient (Wildman–Crippen LogP) is 1.48. The van der Waals surface area contributed by atoms with Crippen LogP contribution in [0.25, 0.3) is 0 Å². The van der Waals surface area contributed by atoms with E-state index >= 15 is 0 Å². The van der Waals surface area contributed by atoms with E-state index in [9.17, 15) is 0 Å². The molecule has 1 aromatic heterocycles. The fraction of sp³-hybridized carbons (Fsp3) is 0.857. The topological polar surface area (TPSA) is 43.6 Å². The lowest BCUT2D eigenvalue weighted by Gasteiger charge is -2.21. The van der Waals surface area contributed by atoms with Gasteiger partial charge in [-0.1, -0.05) is 0 Å². The second-order valence-electron chi connectivity index (χ2n) is 3.02. The van der Waals surface area contributed by atoms with Crippen LogP contribution in [0.3, 0.4) is 0 Å². The quantitative estimate of drug-likeness (QED) is 0.706. The summed E-state index contributed by atoms with van der Waals surface area (Å²) in [7, 11) is 0. The van der Waals surface area contributed by atoms with Crippen LogP contribution in [0, 0.1) is 0 Å². The molecule has 0 atom stereocenters. The van der Waals surface area contributed by atoms with Gasteiger partial charge in [-0.3, -0.25) is 0 Å². The summed E-state index contributed by atoms with van der Waals surface area (Å²) < 4.78 is 1.88. The van der Waals surface area contributed by atoms with Gasteiger partial charge in [0.2, 0.25) is 0 Å². The van der Waals surface area contributed by atoms with E-state index in [0.29, 0.717) is 11.9 Å². The second-order valence-corrected chi connectivity index (χ2v) is 4.51. The number of hydrogen-bond acceptors (Lipinski definition) is 4. The maximum atomic E-state index is 5.72. The molecule has 0 amide bonds. The summed E-state index contributed by atoms with van der Waals surface area (Å²) >= 11 is 7.72. The molecule has 0 bridgehead atoms. The summed E-state index contributed by atoms with van der Waals surface area (Å²) in [5, 5.41) is 11.5. The van der Waals surface area contributed by atoms with Crippen molar-refractivity contribution in [2.24, 2.45) is 0 Å². The molecule has 0 saturated carbocycles. The molecule has 1 saturated heterocycles. The number of halogens is 1. The number of tetrazole rings is 1. The summed E-state index contributed by atoms with van der Waals surface area (Å²) in [6, 6.07) is 0.463. The van der Waals surface area contributed by atoms with Crippen molar-refractivity contribution >= 4 is 23.4 Å². The number of rotatable bonds is 2. The van der Waals surface area contributed by atoms with Gasteiger partial charge in [-0.2, -0.15) is 11.8 Å². The third kappa shape index (κ3) is 1.96. The van der Waals surface area contributed by atoms with Crippen molar-refractivity contribution in [2.45, 2.75) is 24.8 Å². The highest BCUT2D eigenvalue weighted by Crippen LogP contribution is 2.26. The predicted molar refractivity (Wildman–Crippen MR) is 53.0 cm³/mol. The van der Waals surface area contributed by atoms with E-state index in [1.165, 1.54) is 11.5 Å². The van der Waals surface area contributed by atoms with Gasteiger partial charge in [0.15, 0.2) is 5.82 Å². The van der Waals surface area contributed by atoms with Crippen LogP contribution in [0.4, 0.5) is 0 Å². The maximum Gasteiger partial charge on any atom is 0.166 e. The van der Waals surface area contributed by atoms with Crippen LogP contribution in [0.2, 0.25) is 0 Å². The fourth-order valence-corrected chi connectivity index (χ4v) is 2.77. The first-order valence-electron chi connectivity index (χ1n) is 4.32. The van der Waals surface area contributed by atoms with Crippen molar-refractivity contribution < 1.29 is 0 Å². The molecule has 1 aromatic rings. The third-order valence-electron chi connectivity index (χ3n) is 2.22. The van der Waals surface area contributed by atoms with Gasteiger partial charge in [0.25, 0.3) is 0 Å². The molecule has 0 radical (unpaired) electrons. The monoisotopic (exact) mass is 218 g/mol. The van der Waals surface area contributed by atoms with Gasteiger partial charge in [-0.15, -0.1) is 16.7 Å². The molecule has 13 heavy (non-hydrogen) atoms. The van der Waals surface area contributed by atoms with E-state index in [1.807, 2.05) is 16.4 Å². The lowest BCUT2D eigenvalue weighted by molar-refractivity contribution is 0.407. The van der Waals surface area contributed by atoms with Crippen LogP contribution in [0.1, 0.15) is 24.7 Å². The van der Waals surface area contributed by atoms with Gasteiger partial charge in [0.05, 0.1) is 11.9 Å². The zero-order valence-electron chi connectivity index (χ0n) is 7.19. The zero-order valence-corrected chi connectivity index (χ0v) is 8.76. The Hall–Kier alpha value is -0.290. The lowest BCUT2D eigenvalue weighted by Crippen LogP contribution is -2.18. The van der Waals surface area contributed by atoms with E-state index in [2.05, 4.69) is 15.5 Å². The summed E-state index contributed by atoms with van der Waals surface area (Å²) in [6.45, 7) is 0. The summed E-state index contributed by atoms with van der Waals surface area (Å²) in [5.74, 6) is 3.59. The van der Waals surface area contributed by atoms with Gasteiger partial charge >= 0.3 is 0 Å². The molecule has 1 aliphatic rings. The summed E-state index contributed by atoms with van der Waals surface area (Å²) in [6.07, 6.45) is 2.30. The number of nitrogens with zero attached hydrogens (tertiary/aromatic N) is 4. The molecule has 0 unspecified atom stereocenters. The van der Waals surface area contributed by atoms with E-state index in [-0.39, 0.29) is 0 Å². The van der Waals surface area contributed by atoms with E-state index in [0.717, 1.165) is 18.7 Å². The number of hydrogen-bond donors (Lipinski definition) is 0. The highest BCUT2D eigenvalue weighted by Gasteiger charge is 2.19. The van der Waals surface area contributed by atoms with Crippen LogP contribution in [-0.4, -0.2) is 31.7 Å². The lowest BCUT2D eigenvalue weighted by atomic mass is 10.1. The molecule has 0 spiro atoms. The van der Waals surface area contributed by atoms with Gasteiger partial charge < -0.3 is 0 Å². The molecular formula is C7H11ClN4S. The second kappa shape index (κ2) is 4.28. The van der Waals surface area contributed by atoms with E-state index < -0.39 is 0 Å². The minimum atomic E-state index is 0.399.